The predicted molar refractivity (Wildman–Crippen MR) is 44.6 cm³/mol. The number of carbonyl (C=O) groups excluding carboxylic acids is 4. The summed E-state index contributed by atoms with van der Waals surface area (Å²) >= 11 is 2.54. The van der Waals surface area contributed by atoms with E-state index in [1.165, 1.54) is 4.28 Å². The molecule has 0 saturated heterocycles. The third-order valence-corrected chi connectivity index (χ3v) is 1.27. The van der Waals surface area contributed by atoms with Gasteiger partial charge in [0.25, 0.3) is 27.2 Å². The minimum atomic E-state index is 1.14. The Morgan fingerprint density at radius 1 is 0.929 bits per heavy atom. The minimum absolute atomic E-state index is 1.14. The first-order valence-electron chi connectivity index (χ1n) is 2.76. The Morgan fingerprint density at radius 2 is 1.29 bits per heavy atom. The van der Waals surface area contributed by atoms with Gasteiger partial charge in [0.1, 0.15) is 0 Å². The van der Waals surface area contributed by atoms with Gasteiger partial charge in [0, 0.05) is 0 Å². The standard InChI is InChI=1S/C5H5.4CO.V/c1-2-4-5-3-1;4*1-2;/h1-3H,4H2;;;;;. The van der Waals surface area contributed by atoms with Crippen LogP contribution >= 0.6 is 0 Å². The quantitative estimate of drug-likeness (QED) is 0.575. The molecule has 0 N–H and O–H groups in total. The van der Waals surface area contributed by atoms with Gasteiger partial charge in [-0.1, -0.05) is 0 Å². The zero-order valence-corrected chi connectivity index (χ0v) is 8.42. The SMILES string of the molecule is [C]=O.[C]=O.[C]=O.[C]=O.[V][C]1=CC=CC1. The molecule has 0 unspecified atom stereocenters. The third kappa shape index (κ3) is 30.9. The fourth-order valence-electron chi connectivity index (χ4n) is 0.436. The summed E-state index contributed by atoms with van der Waals surface area (Å²) in [5.74, 6) is 0. The van der Waals surface area contributed by atoms with Crippen LogP contribution in [0.15, 0.2) is 22.5 Å². The Morgan fingerprint density at radius 3 is 1.36 bits per heavy atom. The maximum atomic E-state index is 7.50. The number of allylic oxidation sites excluding steroid dienone is 4. The molecule has 0 aliphatic heterocycles. The van der Waals surface area contributed by atoms with Crippen molar-refractivity contribution in [3.8, 4) is 0 Å². The summed E-state index contributed by atoms with van der Waals surface area (Å²) in [5.41, 5.74) is 0. The normalized spacial score (nSPS) is 9.00. The Bertz CT molecular complexity index is 149. The number of rotatable bonds is 0. The fourth-order valence-corrected chi connectivity index (χ4v) is 0.735. The summed E-state index contributed by atoms with van der Waals surface area (Å²) in [5, 5.41) is 0. The molecule has 0 amide bonds. The van der Waals surface area contributed by atoms with Gasteiger partial charge in [-0.3, -0.25) is 19.2 Å². The van der Waals surface area contributed by atoms with Crippen LogP contribution in [0.1, 0.15) is 6.42 Å². The van der Waals surface area contributed by atoms with Crippen LogP contribution in [-0.2, 0) is 36.6 Å². The van der Waals surface area contributed by atoms with Crippen molar-refractivity contribution >= 4 is 27.2 Å². The molecule has 5 heteroatoms. The Kier molecular flexibility index (Phi) is 67.5. The second-order valence-electron chi connectivity index (χ2n) is 1.29. The van der Waals surface area contributed by atoms with Gasteiger partial charge in [0.05, 0.1) is 0 Å². The maximum absolute atomic E-state index is 7.50. The van der Waals surface area contributed by atoms with Crippen molar-refractivity contribution in [2.45, 2.75) is 6.42 Å². The fraction of sp³-hybridized carbons (Fsp3) is 0.111. The van der Waals surface area contributed by atoms with Crippen LogP contribution in [0.4, 0.5) is 0 Å². The molecule has 14 heavy (non-hydrogen) atoms. The Hall–Kier alpha value is -1.26. The van der Waals surface area contributed by atoms with Gasteiger partial charge in [0.15, 0.2) is 0 Å². The monoisotopic (exact) mass is 228 g/mol. The molecule has 0 bridgehead atoms. The van der Waals surface area contributed by atoms with E-state index in [9.17, 15) is 0 Å². The van der Waals surface area contributed by atoms with Crippen LogP contribution < -0.4 is 0 Å². The predicted octanol–water partition coefficient (Wildman–Crippen LogP) is -0.211. The van der Waals surface area contributed by atoms with Crippen LogP contribution in [0, 0.1) is 0 Å². The molecular weight excluding hydrogens is 223 g/mol. The average molecular weight is 228 g/mol. The molecule has 0 fully saturated rings. The van der Waals surface area contributed by atoms with E-state index in [1.807, 2.05) is 0 Å². The number of hydrogen-bond donors (Lipinski definition) is 0. The molecule has 70 valence electrons. The first-order chi connectivity index (χ1) is 6.89. The molecular formula is C9H5O4V. The van der Waals surface area contributed by atoms with Gasteiger partial charge in [-0.15, -0.1) is 0 Å². The van der Waals surface area contributed by atoms with Crippen LogP contribution in [0.3, 0.4) is 0 Å². The topological polar surface area (TPSA) is 68.3 Å². The van der Waals surface area contributed by atoms with Crippen LogP contribution in [0.2, 0.25) is 0 Å². The molecule has 0 aromatic heterocycles. The summed E-state index contributed by atoms with van der Waals surface area (Å²) in [6.45, 7) is 18.0. The van der Waals surface area contributed by atoms with Crippen molar-refractivity contribution in [3.63, 3.8) is 0 Å². The van der Waals surface area contributed by atoms with E-state index in [2.05, 4.69) is 62.8 Å². The average Bonchev–Trinajstić information content (AvgIpc) is 2.80. The molecule has 1 aliphatic rings. The van der Waals surface area contributed by atoms with E-state index in [0.717, 1.165) is 6.42 Å². The second-order valence-corrected chi connectivity index (χ2v) is 2.19. The van der Waals surface area contributed by atoms with Crippen LogP contribution in [0.25, 0.3) is 0 Å². The zero-order valence-electron chi connectivity index (χ0n) is 7.02. The van der Waals surface area contributed by atoms with Crippen molar-refractivity contribution < 1.29 is 36.6 Å². The molecule has 0 spiro atoms. The second kappa shape index (κ2) is 41.1. The van der Waals surface area contributed by atoms with Gasteiger partial charge < -0.3 is 0 Å². The molecule has 8 radical (unpaired) electrons. The van der Waals surface area contributed by atoms with E-state index in [-0.39, 0.29) is 0 Å². The van der Waals surface area contributed by atoms with E-state index < -0.39 is 0 Å². The summed E-state index contributed by atoms with van der Waals surface area (Å²) in [4.78, 5) is 30.0. The van der Waals surface area contributed by atoms with Crippen molar-refractivity contribution in [1.29, 1.82) is 0 Å². The summed E-state index contributed by atoms with van der Waals surface area (Å²) in [7, 11) is 0. The molecule has 1 aliphatic carbocycles. The van der Waals surface area contributed by atoms with Crippen LogP contribution in [-0.4, -0.2) is 27.2 Å². The first kappa shape index (κ1) is 23.0. The molecule has 0 heterocycles. The van der Waals surface area contributed by atoms with Gasteiger partial charge in [-0.25, -0.2) is 0 Å². The molecule has 0 atom stereocenters. The molecule has 0 saturated carbocycles. The Balaban J connectivity index is -0.0000000542. The summed E-state index contributed by atoms with van der Waals surface area (Å²) in [6.07, 6.45) is 7.47. The van der Waals surface area contributed by atoms with Crippen molar-refractivity contribution in [3.05, 3.63) is 22.5 Å². The van der Waals surface area contributed by atoms with Crippen molar-refractivity contribution in [2.75, 3.05) is 0 Å². The van der Waals surface area contributed by atoms with Crippen molar-refractivity contribution in [2.24, 2.45) is 0 Å². The van der Waals surface area contributed by atoms with Gasteiger partial charge >= 0.3 is 46.4 Å². The number of hydrogen-bond acceptors (Lipinski definition) is 4. The van der Waals surface area contributed by atoms with Crippen molar-refractivity contribution in [1.82, 2.24) is 0 Å². The van der Waals surface area contributed by atoms with E-state index in [0.29, 0.717) is 0 Å². The summed E-state index contributed by atoms with van der Waals surface area (Å²) < 4.78 is 1.41. The molecule has 0 aromatic carbocycles. The van der Waals surface area contributed by atoms with E-state index in [1.54, 1.807) is 0 Å². The van der Waals surface area contributed by atoms with E-state index >= 15 is 0 Å². The van der Waals surface area contributed by atoms with E-state index in [4.69, 9.17) is 19.2 Å². The molecule has 4 nitrogen and oxygen atoms in total. The van der Waals surface area contributed by atoms with Gasteiger partial charge in [-0.2, -0.15) is 0 Å². The Labute approximate surface area is 93.0 Å². The third-order valence-electron chi connectivity index (χ3n) is 0.752. The zero-order chi connectivity index (χ0) is 12.4. The summed E-state index contributed by atoms with van der Waals surface area (Å²) in [6, 6.07) is 0. The van der Waals surface area contributed by atoms with Crippen LogP contribution in [0.5, 0.6) is 0 Å². The van der Waals surface area contributed by atoms with Gasteiger partial charge in [-0.05, 0) is 0 Å². The first-order valence-corrected chi connectivity index (χ1v) is 3.46. The molecule has 0 aromatic rings. The molecule has 1 rings (SSSR count). The van der Waals surface area contributed by atoms with Gasteiger partial charge in [0.2, 0.25) is 0 Å².